The third-order valence-corrected chi connectivity index (χ3v) is 7.24. The number of sulfonamides is 1. The molecular formula is C27H36F3N3O4S. The zero-order valence-electron chi connectivity index (χ0n) is 22.2. The Morgan fingerprint density at radius 2 is 1.74 bits per heavy atom. The maximum Gasteiger partial charge on any atom is 0.416 e. The van der Waals surface area contributed by atoms with E-state index in [0.717, 1.165) is 52.7 Å². The van der Waals surface area contributed by atoms with E-state index in [1.807, 2.05) is 38.1 Å². The zero-order valence-corrected chi connectivity index (χ0v) is 23.0. The highest BCUT2D eigenvalue weighted by atomic mass is 32.2. The number of nitrogens with one attached hydrogen (secondary N) is 1. The first kappa shape index (κ1) is 31.1. The van der Waals surface area contributed by atoms with Crippen LogP contribution in [0.4, 0.5) is 18.9 Å². The molecule has 7 nitrogen and oxygen atoms in total. The smallest absolute Gasteiger partial charge is 0.354 e. The van der Waals surface area contributed by atoms with Crippen LogP contribution in [0.2, 0.25) is 0 Å². The molecule has 11 heteroatoms. The van der Waals surface area contributed by atoms with Gasteiger partial charge < -0.3 is 10.2 Å². The molecule has 0 spiro atoms. The lowest BCUT2D eigenvalue weighted by molar-refractivity contribution is -0.140. The van der Waals surface area contributed by atoms with Crippen LogP contribution < -0.4 is 9.62 Å². The molecule has 2 rings (SSSR count). The lowest BCUT2D eigenvalue weighted by atomic mass is 10.1. The Bertz CT molecular complexity index is 1200. The fourth-order valence-electron chi connectivity index (χ4n) is 3.97. The summed E-state index contributed by atoms with van der Waals surface area (Å²) in [5.74, 6) is -0.650. The van der Waals surface area contributed by atoms with Gasteiger partial charge in [-0.15, -0.1) is 0 Å². The predicted molar refractivity (Wildman–Crippen MR) is 142 cm³/mol. The molecule has 0 aliphatic carbocycles. The van der Waals surface area contributed by atoms with Crippen LogP contribution in [0.3, 0.4) is 0 Å². The van der Waals surface area contributed by atoms with Crippen molar-refractivity contribution in [3.63, 3.8) is 0 Å². The molecule has 210 valence electrons. The predicted octanol–water partition coefficient (Wildman–Crippen LogP) is 4.89. The summed E-state index contributed by atoms with van der Waals surface area (Å²) in [4.78, 5) is 27.5. The van der Waals surface area contributed by atoms with E-state index in [9.17, 15) is 31.2 Å². The molecule has 1 N–H and O–H groups in total. The first-order chi connectivity index (χ1) is 17.7. The summed E-state index contributed by atoms with van der Waals surface area (Å²) >= 11 is 0. The van der Waals surface area contributed by atoms with Crippen molar-refractivity contribution in [2.45, 2.75) is 65.2 Å². The van der Waals surface area contributed by atoms with Gasteiger partial charge in [0.15, 0.2) is 0 Å². The fraction of sp³-hybridized carbons (Fsp3) is 0.481. The molecule has 0 aliphatic rings. The van der Waals surface area contributed by atoms with Crippen molar-refractivity contribution in [2.24, 2.45) is 0 Å². The third kappa shape index (κ3) is 9.34. The van der Waals surface area contributed by atoms with Crippen molar-refractivity contribution in [3.8, 4) is 0 Å². The van der Waals surface area contributed by atoms with Gasteiger partial charge in [0, 0.05) is 26.1 Å². The Labute approximate surface area is 223 Å². The fourth-order valence-corrected chi connectivity index (χ4v) is 4.92. The molecule has 0 aromatic heterocycles. The molecule has 38 heavy (non-hydrogen) atoms. The number of rotatable bonds is 13. The van der Waals surface area contributed by atoms with Gasteiger partial charge in [-0.1, -0.05) is 49.2 Å². The molecule has 0 saturated carbocycles. The molecule has 2 aromatic rings. The van der Waals surface area contributed by atoms with Crippen molar-refractivity contribution in [1.29, 1.82) is 0 Å². The number of carbonyl (C=O) groups is 2. The van der Waals surface area contributed by atoms with Crippen LogP contribution in [0.25, 0.3) is 0 Å². The molecule has 0 unspecified atom stereocenters. The number of halogens is 3. The number of carbonyl (C=O) groups excluding carboxylic acids is 2. The van der Waals surface area contributed by atoms with E-state index in [1.165, 1.54) is 11.0 Å². The van der Waals surface area contributed by atoms with Crippen LogP contribution in [0.1, 0.15) is 56.2 Å². The summed E-state index contributed by atoms with van der Waals surface area (Å²) in [6.07, 6.45) is -2.05. The van der Waals surface area contributed by atoms with E-state index in [1.54, 1.807) is 6.92 Å². The SMILES string of the molecule is CCCCNC(=O)[C@H](C)N(Cc1cccc(C)c1)C(=O)CCCN(c1cccc(C(F)(F)F)c1)S(C)(=O)=O. The van der Waals surface area contributed by atoms with E-state index in [2.05, 4.69) is 5.32 Å². The largest absolute Gasteiger partial charge is 0.416 e. The van der Waals surface area contributed by atoms with E-state index in [-0.39, 0.29) is 43.4 Å². The summed E-state index contributed by atoms with van der Waals surface area (Å²) in [5.41, 5.74) is 0.746. The van der Waals surface area contributed by atoms with Gasteiger partial charge in [-0.05, 0) is 50.5 Å². The number of benzene rings is 2. The van der Waals surface area contributed by atoms with Gasteiger partial charge in [0.1, 0.15) is 6.04 Å². The number of anilines is 1. The lowest BCUT2D eigenvalue weighted by Crippen LogP contribution is -2.48. The standard InChI is InChI=1S/C27H36F3N3O4S/c1-5-6-15-31-26(35)21(3)32(19-22-11-7-10-20(2)17-22)25(34)14-9-16-33(38(4,36)37)24-13-8-12-23(18-24)27(28,29)30/h7-8,10-13,17-18,21H,5-6,9,14-16,19H2,1-4H3,(H,31,35)/t21-/m0/s1. The highest BCUT2D eigenvalue weighted by Crippen LogP contribution is 2.32. The van der Waals surface area contributed by atoms with Crippen LogP contribution in [0, 0.1) is 6.92 Å². The quantitative estimate of drug-likeness (QED) is 0.357. The van der Waals surface area contributed by atoms with E-state index in [0.29, 0.717) is 6.54 Å². The molecule has 0 heterocycles. The Kier molecular flexibility index (Phi) is 11.2. The number of alkyl halides is 3. The van der Waals surface area contributed by atoms with E-state index < -0.39 is 27.8 Å². The Hall–Kier alpha value is -3.08. The Morgan fingerprint density at radius 1 is 1.05 bits per heavy atom. The summed E-state index contributed by atoms with van der Waals surface area (Å²) in [6.45, 7) is 6.05. The monoisotopic (exact) mass is 555 g/mol. The summed E-state index contributed by atoms with van der Waals surface area (Å²) < 4.78 is 65.2. The molecule has 0 bridgehead atoms. The highest BCUT2D eigenvalue weighted by molar-refractivity contribution is 7.92. The van der Waals surface area contributed by atoms with Gasteiger partial charge in [-0.25, -0.2) is 8.42 Å². The van der Waals surface area contributed by atoms with Crippen molar-refractivity contribution in [2.75, 3.05) is 23.7 Å². The molecule has 1 atom stereocenters. The van der Waals surface area contributed by atoms with Crippen LogP contribution in [-0.4, -0.2) is 50.5 Å². The number of amides is 2. The number of nitrogens with zero attached hydrogens (tertiary/aromatic N) is 2. The minimum Gasteiger partial charge on any atom is -0.354 e. The molecule has 0 fully saturated rings. The van der Waals surface area contributed by atoms with E-state index in [4.69, 9.17) is 0 Å². The molecule has 0 radical (unpaired) electrons. The Balaban J connectivity index is 2.19. The second-order valence-corrected chi connectivity index (χ2v) is 11.2. The second kappa shape index (κ2) is 13.6. The summed E-state index contributed by atoms with van der Waals surface area (Å²) in [7, 11) is -3.92. The Morgan fingerprint density at radius 3 is 2.34 bits per heavy atom. The van der Waals surface area contributed by atoms with Crippen LogP contribution in [0.15, 0.2) is 48.5 Å². The maximum absolute atomic E-state index is 13.3. The van der Waals surface area contributed by atoms with Gasteiger partial charge in [-0.2, -0.15) is 13.2 Å². The second-order valence-electron chi connectivity index (χ2n) is 9.32. The van der Waals surface area contributed by atoms with Crippen LogP contribution in [0.5, 0.6) is 0 Å². The lowest BCUT2D eigenvalue weighted by Gasteiger charge is -2.29. The molecule has 0 aliphatic heterocycles. The van der Waals surface area contributed by atoms with Crippen LogP contribution >= 0.6 is 0 Å². The number of aryl methyl sites for hydroxylation is 1. The van der Waals surface area contributed by atoms with Crippen molar-refractivity contribution < 1.29 is 31.2 Å². The molecular weight excluding hydrogens is 519 g/mol. The maximum atomic E-state index is 13.3. The third-order valence-electron chi connectivity index (χ3n) is 6.05. The van der Waals surface area contributed by atoms with Gasteiger partial charge in [-0.3, -0.25) is 13.9 Å². The zero-order chi connectivity index (χ0) is 28.5. The van der Waals surface area contributed by atoms with Gasteiger partial charge in [0.05, 0.1) is 17.5 Å². The van der Waals surface area contributed by atoms with Crippen molar-refractivity contribution >= 4 is 27.5 Å². The van der Waals surface area contributed by atoms with Crippen molar-refractivity contribution in [3.05, 3.63) is 65.2 Å². The molecule has 2 aromatic carbocycles. The highest BCUT2D eigenvalue weighted by Gasteiger charge is 2.32. The van der Waals surface area contributed by atoms with Gasteiger partial charge in [0.2, 0.25) is 21.8 Å². The van der Waals surface area contributed by atoms with Gasteiger partial charge >= 0.3 is 6.18 Å². The molecule has 2 amide bonds. The minimum atomic E-state index is -4.63. The van der Waals surface area contributed by atoms with Crippen molar-refractivity contribution in [1.82, 2.24) is 10.2 Å². The van der Waals surface area contributed by atoms with Crippen LogP contribution in [-0.2, 0) is 32.3 Å². The topological polar surface area (TPSA) is 86.8 Å². The number of hydrogen-bond donors (Lipinski definition) is 1. The summed E-state index contributed by atoms with van der Waals surface area (Å²) in [5, 5.41) is 2.84. The van der Waals surface area contributed by atoms with Gasteiger partial charge in [0.25, 0.3) is 0 Å². The number of hydrogen-bond acceptors (Lipinski definition) is 4. The average molecular weight is 556 g/mol. The number of unbranched alkanes of at least 4 members (excludes halogenated alkanes) is 1. The average Bonchev–Trinajstić information content (AvgIpc) is 2.83. The first-order valence-electron chi connectivity index (χ1n) is 12.5. The normalized spacial score (nSPS) is 12.6. The first-order valence-corrected chi connectivity index (χ1v) is 14.4. The van der Waals surface area contributed by atoms with E-state index >= 15 is 0 Å². The molecule has 0 saturated heterocycles. The summed E-state index contributed by atoms with van der Waals surface area (Å²) in [6, 6.07) is 10.8. The minimum absolute atomic E-state index is 0.0522.